The molecule has 4 aromatic rings. The molecule has 1 aliphatic rings. The topological polar surface area (TPSA) is 82.1 Å². The van der Waals surface area contributed by atoms with E-state index in [0.717, 1.165) is 17.9 Å². The van der Waals surface area contributed by atoms with Crippen molar-refractivity contribution >= 4 is 34.2 Å². The van der Waals surface area contributed by atoms with Gasteiger partial charge in [-0.1, -0.05) is 31.2 Å². The molecule has 0 spiro atoms. The van der Waals surface area contributed by atoms with Crippen molar-refractivity contribution in [2.24, 2.45) is 4.99 Å². The molecular weight excluding hydrogens is 381 g/mol. The molecule has 3 heterocycles. The fourth-order valence-electron chi connectivity index (χ4n) is 3.71. The number of halogens is 1. The molecule has 150 valence electrons. The number of hydrogen-bond acceptors (Lipinski definition) is 6. The summed E-state index contributed by atoms with van der Waals surface area (Å²) >= 11 is 0. The van der Waals surface area contributed by atoms with Crippen LogP contribution >= 0.6 is 0 Å². The second-order valence-electron chi connectivity index (χ2n) is 7.06. The van der Waals surface area contributed by atoms with Gasteiger partial charge >= 0.3 is 0 Å². The molecule has 2 aromatic carbocycles. The maximum absolute atomic E-state index is 14.5. The van der Waals surface area contributed by atoms with E-state index in [1.165, 1.54) is 12.4 Å². The first-order valence-electron chi connectivity index (χ1n) is 9.83. The van der Waals surface area contributed by atoms with Crippen molar-refractivity contribution in [3.05, 3.63) is 72.6 Å². The van der Waals surface area contributed by atoms with E-state index >= 15 is 0 Å². The predicted octanol–water partition coefficient (Wildman–Crippen LogP) is 4.43. The zero-order valence-corrected chi connectivity index (χ0v) is 16.4. The molecule has 5 rings (SSSR count). The number of imidazole rings is 1. The number of H-pyrrole nitrogens is 1. The van der Waals surface area contributed by atoms with Crippen LogP contribution in [0, 0.1) is 5.82 Å². The van der Waals surface area contributed by atoms with Crippen LogP contribution in [-0.4, -0.2) is 31.8 Å². The van der Waals surface area contributed by atoms with Gasteiger partial charge in [0.1, 0.15) is 23.5 Å². The minimum atomic E-state index is -0.244. The molecule has 0 aliphatic carbocycles. The van der Waals surface area contributed by atoms with Crippen LogP contribution < -0.4 is 10.2 Å². The SMILES string of the molecule is CC[C@H](Nc1ncnc2[nH]cnc12)C1=Nc2cccc(F)c2CN1c1ccccc1. The Balaban J connectivity index is 1.59. The normalized spacial score (nSPS) is 14.3. The summed E-state index contributed by atoms with van der Waals surface area (Å²) in [5.74, 6) is 1.20. The van der Waals surface area contributed by atoms with Crippen LogP contribution in [0.4, 0.5) is 21.6 Å². The van der Waals surface area contributed by atoms with Gasteiger partial charge < -0.3 is 15.2 Å². The second-order valence-corrected chi connectivity index (χ2v) is 7.06. The lowest BCUT2D eigenvalue weighted by Crippen LogP contribution is -2.44. The third kappa shape index (κ3) is 3.16. The molecule has 0 radical (unpaired) electrons. The van der Waals surface area contributed by atoms with Gasteiger partial charge in [-0.25, -0.2) is 24.3 Å². The number of nitrogens with one attached hydrogen (secondary N) is 2. The van der Waals surface area contributed by atoms with Crippen molar-refractivity contribution in [3.8, 4) is 0 Å². The van der Waals surface area contributed by atoms with Crippen LogP contribution in [0.15, 0.2) is 66.2 Å². The lowest BCUT2D eigenvalue weighted by molar-refractivity contribution is 0.608. The molecule has 30 heavy (non-hydrogen) atoms. The summed E-state index contributed by atoms with van der Waals surface area (Å²) in [4.78, 5) is 22.8. The van der Waals surface area contributed by atoms with Gasteiger partial charge in [0.2, 0.25) is 0 Å². The predicted molar refractivity (Wildman–Crippen MR) is 116 cm³/mol. The lowest BCUT2D eigenvalue weighted by atomic mass is 10.0. The molecule has 2 aromatic heterocycles. The van der Waals surface area contributed by atoms with E-state index in [9.17, 15) is 4.39 Å². The van der Waals surface area contributed by atoms with Crippen LogP contribution in [0.2, 0.25) is 0 Å². The van der Waals surface area contributed by atoms with Crippen molar-refractivity contribution in [3.63, 3.8) is 0 Å². The van der Waals surface area contributed by atoms with Gasteiger partial charge in [0.05, 0.1) is 24.6 Å². The Kier molecular flexibility index (Phi) is 4.59. The van der Waals surface area contributed by atoms with E-state index < -0.39 is 0 Å². The number of aromatic nitrogens is 4. The largest absolute Gasteiger partial charge is 0.358 e. The summed E-state index contributed by atoms with van der Waals surface area (Å²) < 4.78 is 14.5. The summed E-state index contributed by atoms with van der Waals surface area (Å²) in [6.45, 7) is 2.48. The number of hydrogen-bond donors (Lipinski definition) is 2. The molecule has 8 heteroatoms. The van der Waals surface area contributed by atoms with Crippen molar-refractivity contribution < 1.29 is 4.39 Å². The van der Waals surface area contributed by atoms with E-state index in [1.54, 1.807) is 12.4 Å². The standard InChI is InChI=1S/C22H20FN7/c1-2-17(28-21-19-20(25-12-24-19)26-13-27-21)22-29-18-10-6-9-16(23)15(18)11-30(22)14-7-4-3-5-8-14/h3-10,12-13,17H,2,11H2,1H3,(H2,24,25,26,27,28)/t17-/m0/s1. The van der Waals surface area contributed by atoms with Gasteiger partial charge in [-0.05, 0) is 30.7 Å². The number of aromatic amines is 1. The highest BCUT2D eigenvalue weighted by Crippen LogP contribution is 2.33. The lowest BCUT2D eigenvalue weighted by Gasteiger charge is -2.35. The van der Waals surface area contributed by atoms with Gasteiger partial charge in [-0.15, -0.1) is 0 Å². The zero-order chi connectivity index (χ0) is 20.5. The first kappa shape index (κ1) is 18.2. The van der Waals surface area contributed by atoms with E-state index in [2.05, 4.69) is 37.1 Å². The molecule has 0 unspecified atom stereocenters. The van der Waals surface area contributed by atoms with Crippen molar-refractivity contribution in [2.75, 3.05) is 10.2 Å². The molecule has 0 saturated carbocycles. The molecular formula is C22H20FN7. The molecule has 0 saturated heterocycles. The van der Waals surface area contributed by atoms with Gasteiger partial charge in [0.15, 0.2) is 11.5 Å². The molecule has 0 bridgehead atoms. The van der Waals surface area contributed by atoms with E-state index in [-0.39, 0.29) is 11.9 Å². The third-order valence-corrected chi connectivity index (χ3v) is 5.24. The summed E-state index contributed by atoms with van der Waals surface area (Å²) in [6, 6.07) is 14.8. The summed E-state index contributed by atoms with van der Waals surface area (Å²) in [5, 5.41) is 3.47. The highest BCUT2D eigenvalue weighted by Gasteiger charge is 2.29. The number of rotatable bonds is 5. The molecule has 0 fully saturated rings. The molecule has 0 amide bonds. The number of nitrogens with zero attached hydrogens (tertiary/aromatic N) is 5. The summed E-state index contributed by atoms with van der Waals surface area (Å²) in [7, 11) is 0. The Morgan fingerprint density at radius 1 is 1.10 bits per heavy atom. The highest BCUT2D eigenvalue weighted by atomic mass is 19.1. The van der Waals surface area contributed by atoms with Crippen molar-refractivity contribution in [1.82, 2.24) is 19.9 Å². The monoisotopic (exact) mass is 401 g/mol. The fraction of sp³-hybridized carbons (Fsp3) is 0.182. The minimum absolute atomic E-state index is 0.156. The molecule has 2 N–H and O–H groups in total. The van der Waals surface area contributed by atoms with Gasteiger partial charge in [-0.2, -0.15) is 0 Å². The molecule has 7 nitrogen and oxygen atoms in total. The Labute approximate surface area is 172 Å². The van der Waals surface area contributed by atoms with Crippen LogP contribution in [0.1, 0.15) is 18.9 Å². The van der Waals surface area contributed by atoms with Crippen LogP contribution in [-0.2, 0) is 6.54 Å². The Morgan fingerprint density at radius 2 is 1.97 bits per heavy atom. The van der Waals surface area contributed by atoms with Gasteiger partial charge in [0.25, 0.3) is 0 Å². The van der Waals surface area contributed by atoms with E-state index in [0.29, 0.717) is 34.8 Å². The Hall–Kier alpha value is -3.81. The third-order valence-electron chi connectivity index (χ3n) is 5.24. The number of fused-ring (bicyclic) bond motifs is 2. The maximum atomic E-state index is 14.5. The molecule has 1 atom stereocenters. The number of anilines is 2. The smallest absolute Gasteiger partial charge is 0.162 e. The zero-order valence-electron chi connectivity index (χ0n) is 16.4. The Bertz CT molecular complexity index is 1220. The van der Waals surface area contributed by atoms with E-state index in [4.69, 9.17) is 4.99 Å². The second kappa shape index (κ2) is 7.55. The van der Waals surface area contributed by atoms with Crippen molar-refractivity contribution in [1.29, 1.82) is 0 Å². The van der Waals surface area contributed by atoms with E-state index in [1.807, 2.05) is 36.4 Å². The van der Waals surface area contributed by atoms with Crippen LogP contribution in [0.25, 0.3) is 11.2 Å². The number of aliphatic imine (C=N–C) groups is 1. The number of benzene rings is 2. The van der Waals surface area contributed by atoms with Gasteiger partial charge in [0, 0.05) is 11.3 Å². The summed E-state index contributed by atoms with van der Waals surface area (Å²) in [5.41, 5.74) is 3.55. The minimum Gasteiger partial charge on any atom is -0.358 e. The fourth-order valence-corrected chi connectivity index (χ4v) is 3.71. The average molecular weight is 401 g/mol. The average Bonchev–Trinajstić information content (AvgIpc) is 3.27. The van der Waals surface area contributed by atoms with Crippen LogP contribution in [0.3, 0.4) is 0 Å². The van der Waals surface area contributed by atoms with Gasteiger partial charge in [-0.3, -0.25) is 0 Å². The quantitative estimate of drug-likeness (QED) is 0.517. The van der Waals surface area contributed by atoms with Crippen molar-refractivity contribution in [2.45, 2.75) is 25.9 Å². The highest BCUT2D eigenvalue weighted by molar-refractivity contribution is 6.06. The van der Waals surface area contributed by atoms with Crippen LogP contribution in [0.5, 0.6) is 0 Å². The first-order valence-corrected chi connectivity index (χ1v) is 9.83. The molecule has 1 aliphatic heterocycles. The Morgan fingerprint density at radius 3 is 2.80 bits per heavy atom. The number of amidine groups is 1. The first-order chi connectivity index (χ1) is 14.7. The number of para-hydroxylation sites is 1. The maximum Gasteiger partial charge on any atom is 0.162 e. The summed E-state index contributed by atoms with van der Waals surface area (Å²) in [6.07, 6.45) is 3.85.